The second kappa shape index (κ2) is 6.85. The molecule has 2 fully saturated rings. The van der Waals surface area contributed by atoms with Gasteiger partial charge in [0.15, 0.2) is 0 Å². The van der Waals surface area contributed by atoms with Gasteiger partial charge in [-0.15, -0.1) is 0 Å². The Bertz CT molecular complexity index is 863. The second-order valence-corrected chi connectivity index (χ2v) is 7.71. The van der Waals surface area contributed by atoms with Gasteiger partial charge in [-0.1, -0.05) is 0 Å². The Kier molecular flexibility index (Phi) is 4.52. The summed E-state index contributed by atoms with van der Waals surface area (Å²) in [6.07, 6.45) is 4.06. The van der Waals surface area contributed by atoms with Gasteiger partial charge >= 0.3 is 0 Å². The summed E-state index contributed by atoms with van der Waals surface area (Å²) < 4.78 is 11.6. The van der Waals surface area contributed by atoms with Crippen LogP contribution in [0, 0.1) is 5.41 Å². The Morgan fingerprint density at radius 2 is 2.15 bits per heavy atom. The number of pyridine rings is 1. The highest BCUT2D eigenvalue weighted by Crippen LogP contribution is 2.40. The highest BCUT2D eigenvalue weighted by Gasteiger charge is 2.40. The summed E-state index contributed by atoms with van der Waals surface area (Å²) in [5, 5.41) is 8.70. The first-order valence-electron chi connectivity index (χ1n) is 9.44. The van der Waals surface area contributed by atoms with Crippen LogP contribution in [-0.4, -0.2) is 42.1 Å². The molecule has 142 valence electrons. The van der Waals surface area contributed by atoms with Crippen LogP contribution in [0.2, 0.25) is 0 Å². The minimum absolute atomic E-state index is 0.0631. The molecule has 1 saturated heterocycles. The van der Waals surface area contributed by atoms with E-state index in [0.29, 0.717) is 23.6 Å². The molecule has 2 aliphatic rings. The molecule has 0 spiro atoms. The Morgan fingerprint density at radius 3 is 2.89 bits per heavy atom. The van der Waals surface area contributed by atoms with Gasteiger partial charge in [-0.05, 0) is 57.0 Å². The standard InChI is InChI=1S/C21H26N4O2/c1-14-13-25(9-10-26-14)19-11-15(5-8-24-19)20(23)17-12-16(3-4-18(17)22)27-21(2)6-7-21/h3-5,8,11-12,14,23H,6-7,9-10,13,22H2,1-2H3/t14-/m1/s1. The first-order valence-corrected chi connectivity index (χ1v) is 9.44. The Hall–Kier alpha value is -2.60. The Morgan fingerprint density at radius 1 is 1.33 bits per heavy atom. The number of nitrogens with two attached hydrogens (primary N) is 1. The zero-order chi connectivity index (χ0) is 19.0. The molecule has 1 aromatic heterocycles. The van der Waals surface area contributed by atoms with Crippen LogP contribution in [0.4, 0.5) is 11.5 Å². The van der Waals surface area contributed by atoms with Crippen LogP contribution < -0.4 is 15.4 Å². The van der Waals surface area contributed by atoms with Crippen molar-refractivity contribution in [1.29, 1.82) is 5.41 Å². The molecule has 3 N–H and O–H groups in total. The van der Waals surface area contributed by atoms with Crippen molar-refractivity contribution >= 4 is 17.2 Å². The van der Waals surface area contributed by atoms with Crippen molar-refractivity contribution < 1.29 is 9.47 Å². The van der Waals surface area contributed by atoms with Crippen molar-refractivity contribution in [2.24, 2.45) is 0 Å². The van der Waals surface area contributed by atoms with Crippen LogP contribution in [-0.2, 0) is 4.74 Å². The fourth-order valence-corrected chi connectivity index (χ4v) is 3.31. The SMILES string of the molecule is C[C@@H]1CN(c2cc(C(=N)c3cc(OC4(C)CC4)ccc3N)ccn2)CCO1. The van der Waals surface area contributed by atoms with E-state index in [0.717, 1.165) is 43.1 Å². The van der Waals surface area contributed by atoms with Crippen LogP contribution in [0.25, 0.3) is 0 Å². The predicted octanol–water partition coefficient (Wildman–Crippen LogP) is 3.24. The zero-order valence-electron chi connectivity index (χ0n) is 15.9. The zero-order valence-corrected chi connectivity index (χ0v) is 15.9. The number of nitrogens with zero attached hydrogens (tertiary/aromatic N) is 2. The number of nitrogens with one attached hydrogen (secondary N) is 1. The fourth-order valence-electron chi connectivity index (χ4n) is 3.31. The molecule has 0 radical (unpaired) electrons. The predicted molar refractivity (Wildman–Crippen MR) is 107 cm³/mol. The third-order valence-electron chi connectivity index (χ3n) is 5.21. The summed E-state index contributed by atoms with van der Waals surface area (Å²) in [4.78, 5) is 6.68. The molecule has 1 aliphatic heterocycles. The van der Waals surface area contributed by atoms with Crippen LogP contribution in [0.5, 0.6) is 5.75 Å². The van der Waals surface area contributed by atoms with Crippen molar-refractivity contribution in [3.8, 4) is 5.75 Å². The number of ether oxygens (including phenoxy) is 2. The monoisotopic (exact) mass is 366 g/mol. The van der Waals surface area contributed by atoms with Crippen molar-refractivity contribution in [3.05, 3.63) is 47.7 Å². The van der Waals surface area contributed by atoms with E-state index >= 15 is 0 Å². The highest BCUT2D eigenvalue weighted by atomic mass is 16.5. The molecule has 0 bridgehead atoms. The van der Waals surface area contributed by atoms with Gasteiger partial charge in [-0.2, -0.15) is 0 Å². The maximum absolute atomic E-state index is 8.70. The minimum atomic E-state index is -0.0631. The molecule has 0 unspecified atom stereocenters. The van der Waals surface area contributed by atoms with E-state index in [1.165, 1.54) is 0 Å². The molecule has 4 rings (SSSR count). The average Bonchev–Trinajstić information content (AvgIpc) is 3.39. The number of nitrogen functional groups attached to an aromatic ring is 1. The second-order valence-electron chi connectivity index (χ2n) is 7.71. The summed E-state index contributed by atoms with van der Waals surface area (Å²) in [6, 6.07) is 9.37. The van der Waals surface area contributed by atoms with Crippen LogP contribution in [0.1, 0.15) is 37.8 Å². The van der Waals surface area contributed by atoms with Gasteiger partial charge < -0.3 is 20.1 Å². The minimum Gasteiger partial charge on any atom is -0.488 e. The molecule has 2 heterocycles. The van der Waals surface area contributed by atoms with Gasteiger partial charge in [0.25, 0.3) is 0 Å². The van der Waals surface area contributed by atoms with Crippen molar-refractivity contribution in [3.63, 3.8) is 0 Å². The van der Waals surface area contributed by atoms with Gasteiger partial charge in [-0.25, -0.2) is 4.98 Å². The Labute approximate surface area is 159 Å². The molecule has 1 aromatic carbocycles. The van der Waals surface area contributed by atoms with Gasteiger partial charge in [0.1, 0.15) is 17.2 Å². The number of benzene rings is 1. The van der Waals surface area contributed by atoms with E-state index in [1.807, 2.05) is 30.3 Å². The molecular weight excluding hydrogens is 340 g/mol. The lowest BCUT2D eigenvalue weighted by molar-refractivity contribution is 0.0529. The number of hydrogen-bond acceptors (Lipinski definition) is 6. The third-order valence-corrected chi connectivity index (χ3v) is 5.21. The van der Waals surface area contributed by atoms with Gasteiger partial charge in [0.05, 0.1) is 18.4 Å². The first kappa shape index (κ1) is 17.8. The summed E-state index contributed by atoms with van der Waals surface area (Å²) in [7, 11) is 0. The number of hydrogen-bond donors (Lipinski definition) is 2. The van der Waals surface area contributed by atoms with Gasteiger partial charge in [-0.3, -0.25) is 5.41 Å². The van der Waals surface area contributed by atoms with Crippen LogP contribution >= 0.6 is 0 Å². The molecule has 6 nitrogen and oxygen atoms in total. The lowest BCUT2D eigenvalue weighted by Gasteiger charge is -2.32. The molecule has 6 heteroatoms. The molecule has 2 aromatic rings. The molecule has 1 atom stereocenters. The molecular formula is C21H26N4O2. The fraction of sp³-hybridized carbons (Fsp3) is 0.429. The number of morpholine rings is 1. The first-order chi connectivity index (χ1) is 12.9. The van der Waals surface area contributed by atoms with Crippen molar-refractivity contribution in [2.75, 3.05) is 30.3 Å². The largest absolute Gasteiger partial charge is 0.488 e. The van der Waals surface area contributed by atoms with Gasteiger partial charge in [0.2, 0.25) is 0 Å². The Balaban J connectivity index is 1.59. The topological polar surface area (TPSA) is 84.5 Å². The van der Waals surface area contributed by atoms with Crippen LogP contribution in [0.3, 0.4) is 0 Å². The third kappa shape index (κ3) is 3.90. The van der Waals surface area contributed by atoms with E-state index < -0.39 is 0 Å². The smallest absolute Gasteiger partial charge is 0.129 e. The van der Waals surface area contributed by atoms with E-state index in [-0.39, 0.29) is 11.7 Å². The summed E-state index contributed by atoms with van der Waals surface area (Å²) in [5.41, 5.74) is 8.54. The van der Waals surface area contributed by atoms with Gasteiger partial charge in [0, 0.05) is 36.1 Å². The number of anilines is 2. The van der Waals surface area contributed by atoms with Crippen LogP contribution in [0.15, 0.2) is 36.5 Å². The summed E-state index contributed by atoms with van der Waals surface area (Å²) in [6.45, 7) is 6.46. The summed E-state index contributed by atoms with van der Waals surface area (Å²) >= 11 is 0. The normalized spacial score (nSPS) is 21.0. The molecule has 0 amide bonds. The van der Waals surface area contributed by atoms with E-state index in [1.54, 1.807) is 6.20 Å². The summed E-state index contributed by atoms with van der Waals surface area (Å²) in [5.74, 6) is 1.63. The maximum atomic E-state index is 8.70. The maximum Gasteiger partial charge on any atom is 0.129 e. The van der Waals surface area contributed by atoms with Crippen molar-refractivity contribution in [1.82, 2.24) is 4.98 Å². The average molecular weight is 366 g/mol. The van der Waals surface area contributed by atoms with Crippen molar-refractivity contribution in [2.45, 2.75) is 38.4 Å². The number of aromatic nitrogens is 1. The quantitative estimate of drug-likeness (QED) is 0.627. The number of rotatable bonds is 5. The van der Waals surface area contributed by atoms with E-state index in [9.17, 15) is 0 Å². The molecule has 1 saturated carbocycles. The molecule has 27 heavy (non-hydrogen) atoms. The molecule has 1 aliphatic carbocycles. The highest BCUT2D eigenvalue weighted by molar-refractivity contribution is 6.14. The van der Waals surface area contributed by atoms with E-state index in [4.69, 9.17) is 20.6 Å². The van der Waals surface area contributed by atoms with E-state index in [2.05, 4.69) is 23.7 Å². The lowest BCUT2D eigenvalue weighted by Crippen LogP contribution is -2.41. The lowest BCUT2D eigenvalue weighted by atomic mass is 10.0.